The van der Waals surface area contributed by atoms with Gasteiger partial charge in [0.15, 0.2) is 0 Å². The fourth-order valence-corrected chi connectivity index (χ4v) is 5.38. The Morgan fingerprint density at radius 2 is 1.52 bits per heavy atom. The van der Waals surface area contributed by atoms with Crippen LogP contribution in [0.25, 0.3) is 11.1 Å². The van der Waals surface area contributed by atoms with E-state index >= 15 is 0 Å². The van der Waals surface area contributed by atoms with Gasteiger partial charge in [-0.25, -0.2) is 0 Å². The van der Waals surface area contributed by atoms with E-state index in [2.05, 4.69) is 102 Å². The van der Waals surface area contributed by atoms with Crippen molar-refractivity contribution in [1.82, 2.24) is 4.90 Å². The molecule has 0 bridgehead atoms. The Balaban J connectivity index is 1.56. The normalized spacial score (nSPS) is 14.9. The van der Waals surface area contributed by atoms with Crippen molar-refractivity contribution in [2.75, 3.05) is 32.1 Å². The molecule has 0 aromatic heterocycles. The second kappa shape index (κ2) is 12.0. The topological polar surface area (TPSA) is 29.3 Å². The molecule has 0 fully saturated rings. The standard InChI is InChI=1S/C28H30N2S3/c1-31-25-9-3-6-22(18-25)21-12-15-30(16-13-21)17-14-28(23-7-4-10-26(19-23)32-2)24-8-5-11-27(20-24)33-29/h3-12,14,18-20H,13,15-17,29H2,1-2H3/b28-14-. The molecule has 1 heterocycles. The minimum absolute atomic E-state index is 0.924. The quantitative estimate of drug-likeness (QED) is 0.264. The Kier molecular flexibility index (Phi) is 8.82. The lowest BCUT2D eigenvalue weighted by molar-refractivity contribution is 0.335. The van der Waals surface area contributed by atoms with Crippen molar-refractivity contribution in [2.24, 2.45) is 5.14 Å². The van der Waals surface area contributed by atoms with Crippen molar-refractivity contribution in [2.45, 2.75) is 21.1 Å². The van der Waals surface area contributed by atoms with Crippen molar-refractivity contribution in [1.29, 1.82) is 0 Å². The third kappa shape index (κ3) is 6.37. The fourth-order valence-electron chi connectivity index (χ4n) is 4.11. The largest absolute Gasteiger partial charge is 0.296 e. The molecule has 0 radical (unpaired) electrons. The minimum Gasteiger partial charge on any atom is -0.296 e. The lowest BCUT2D eigenvalue weighted by Crippen LogP contribution is -2.28. The van der Waals surface area contributed by atoms with Gasteiger partial charge in [0.2, 0.25) is 0 Å². The van der Waals surface area contributed by atoms with E-state index in [9.17, 15) is 0 Å². The zero-order valence-corrected chi connectivity index (χ0v) is 21.6. The molecule has 0 aliphatic carbocycles. The molecule has 1 aliphatic rings. The fraction of sp³-hybridized carbons (Fsp3) is 0.214. The maximum atomic E-state index is 5.85. The molecule has 1 aliphatic heterocycles. The summed E-state index contributed by atoms with van der Waals surface area (Å²) < 4.78 is 0. The molecule has 2 nitrogen and oxygen atoms in total. The van der Waals surface area contributed by atoms with Gasteiger partial charge in [-0.3, -0.25) is 10.0 Å². The van der Waals surface area contributed by atoms with Crippen LogP contribution in [-0.2, 0) is 0 Å². The number of thioether (sulfide) groups is 2. The highest BCUT2D eigenvalue weighted by Crippen LogP contribution is 2.30. The van der Waals surface area contributed by atoms with Gasteiger partial charge in [0.1, 0.15) is 0 Å². The van der Waals surface area contributed by atoms with Crippen molar-refractivity contribution in [3.05, 3.63) is 102 Å². The summed E-state index contributed by atoms with van der Waals surface area (Å²) in [6.45, 7) is 2.97. The molecule has 3 aromatic rings. The first-order valence-electron chi connectivity index (χ1n) is 11.1. The first-order chi connectivity index (χ1) is 16.2. The summed E-state index contributed by atoms with van der Waals surface area (Å²) in [4.78, 5) is 6.20. The molecule has 0 atom stereocenters. The van der Waals surface area contributed by atoms with Crippen molar-refractivity contribution in [3.8, 4) is 0 Å². The van der Waals surface area contributed by atoms with Crippen molar-refractivity contribution >= 4 is 46.6 Å². The third-order valence-electron chi connectivity index (χ3n) is 5.95. The molecule has 3 aromatic carbocycles. The van der Waals surface area contributed by atoms with Gasteiger partial charge in [0.05, 0.1) is 0 Å². The molecule has 0 unspecified atom stereocenters. The Morgan fingerprint density at radius 1 is 0.879 bits per heavy atom. The summed E-state index contributed by atoms with van der Waals surface area (Å²) in [5, 5.41) is 5.85. The van der Waals surface area contributed by atoms with Crippen LogP contribution in [0.2, 0.25) is 0 Å². The van der Waals surface area contributed by atoms with Gasteiger partial charge in [0, 0.05) is 34.3 Å². The van der Waals surface area contributed by atoms with E-state index in [0.717, 1.165) is 31.0 Å². The molecule has 0 amide bonds. The van der Waals surface area contributed by atoms with Crippen LogP contribution in [0.3, 0.4) is 0 Å². The average Bonchev–Trinajstić information content (AvgIpc) is 2.89. The Hall–Kier alpha value is -1.89. The maximum Gasteiger partial charge on any atom is 0.0232 e. The molecular weight excluding hydrogens is 461 g/mol. The van der Waals surface area contributed by atoms with E-state index in [1.807, 2.05) is 0 Å². The molecule has 170 valence electrons. The molecule has 4 rings (SSSR count). The van der Waals surface area contributed by atoms with Crippen molar-refractivity contribution in [3.63, 3.8) is 0 Å². The maximum absolute atomic E-state index is 5.85. The van der Waals surface area contributed by atoms with Gasteiger partial charge >= 0.3 is 0 Å². The van der Waals surface area contributed by atoms with E-state index in [4.69, 9.17) is 5.14 Å². The lowest BCUT2D eigenvalue weighted by atomic mass is 9.96. The predicted molar refractivity (Wildman–Crippen MR) is 149 cm³/mol. The molecular formula is C28H30N2S3. The highest BCUT2D eigenvalue weighted by Gasteiger charge is 2.14. The smallest absolute Gasteiger partial charge is 0.0232 e. The summed E-state index contributed by atoms with van der Waals surface area (Å²) in [6, 6.07) is 26.2. The minimum atomic E-state index is 0.924. The van der Waals surface area contributed by atoms with Crippen LogP contribution in [0.1, 0.15) is 23.1 Å². The second-order valence-electron chi connectivity index (χ2n) is 7.97. The van der Waals surface area contributed by atoms with E-state index in [1.165, 1.54) is 49.6 Å². The Morgan fingerprint density at radius 3 is 2.15 bits per heavy atom. The molecule has 5 heteroatoms. The summed E-state index contributed by atoms with van der Waals surface area (Å²) in [5.41, 5.74) is 6.56. The molecule has 2 N–H and O–H groups in total. The Bertz CT molecular complexity index is 1100. The zero-order chi connectivity index (χ0) is 23.0. The van der Waals surface area contributed by atoms with Crippen LogP contribution in [0.5, 0.6) is 0 Å². The van der Waals surface area contributed by atoms with Gasteiger partial charge < -0.3 is 0 Å². The number of nitrogens with zero attached hydrogens (tertiary/aromatic N) is 1. The number of rotatable bonds is 8. The lowest BCUT2D eigenvalue weighted by Gasteiger charge is -2.26. The monoisotopic (exact) mass is 490 g/mol. The van der Waals surface area contributed by atoms with E-state index < -0.39 is 0 Å². The predicted octanol–water partition coefficient (Wildman–Crippen LogP) is 7.32. The SMILES string of the molecule is CSc1cccc(C2=CCN(C/C=C(/c3cccc(SC)c3)c3cccc(SN)c3)CC2)c1. The van der Waals surface area contributed by atoms with E-state index in [-0.39, 0.29) is 0 Å². The summed E-state index contributed by atoms with van der Waals surface area (Å²) >= 11 is 4.88. The zero-order valence-electron chi connectivity index (χ0n) is 19.2. The van der Waals surface area contributed by atoms with Crippen LogP contribution in [0.4, 0.5) is 0 Å². The highest BCUT2D eigenvalue weighted by atomic mass is 32.2. The number of benzene rings is 3. The Labute approximate surface area is 210 Å². The third-order valence-corrected chi connectivity index (χ3v) is 7.93. The molecule has 0 spiro atoms. The molecule has 0 saturated heterocycles. The van der Waals surface area contributed by atoms with E-state index in [0.29, 0.717) is 0 Å². The molecule has 33 heavy (non-hydrogen) atoms. The second-order valence-corrected chi connectivity index (χ2v) is 10.4. The van der Waals surface area contributed by atoms with Crippen LogP contribution in [-0.4, -0.2) is 37.0 Å². The number of nitrogens with two attached hydrogens (primary N) is 1. The number of hydrogen-bond acceptors (Lipinski definition) is 5. The number of hydrogen-bond donors (Lipinski definition) is 1. The van der Waals surface area contributed by atoms with Gasteiger partial charge in [-0.05, 0) is 95.1 Å². The van der Waals surface area contributed by atoms with Gasteiger partial charge in [-0.1, -0.05) is 48.6 Å². The summed E-state index contributed by atoms with van der Waals surface area (Å²) in [5.74, 6) is 0. The average molecular weight is 491 g/mol. The van der Waals surface area contributed by atoms with Crippen molar-refractivity contribution < 1.29 is 0 Å². The van der Waals surface area contributed by atoms with Gasteiger partial charge in [-0.2, -0.15) is 0 Å². The van der Waals surface area contributed by atoms with Crippen LogP contribution < -0.4 is 5.14 Å². The van der Waals surface area contributed by atoms with Gasteiger partial charge in [-0.15, -0.1) is 23.5 Å². The highest BCUT2D eigenvalue weighted by molar-refractivity contribution is 7.98. The first kappa shape index (κ1) is 24.2. The summed E-state index contributed by atoms with van der Waals surface area (Å²) in [6.07, 6.45) is 10.1. The summed E-state index contributed by atoms with van der Waals surface area (Å²) in [7, 11) is 0. The first-order valence-corrected chi connectivity index (χ1v) is 14.4. The van der Waals surface area contributed by atoms with Crippen LogP contribution in [0.15, 0.2) is 99.6 Å². The van der Waals surface area contributed by atoms with Gasteiger partial charge in [0.25, 0.3) is 0 Å². The van der Waals surface area contributed by atoms with Crippen LogP contribution in [0, 0.1) is 0 Å². The van der Waals surface area contributed by atoms with E-state index in [1.54, 1.807) is 23.5 Å². The van der Waals surface area contributed by atoms with Crippen LogP contribution >= 0.6 is 35.5 Å². The molecule has 0 saturated carbocycles.